The van der Waals surface area contributed by atoms with E-state index >= 15 is 0 Å². The van der Waals surface area contributed by atoms with Crippen LogP contribution in [-0.2, 0) is 0 Å². The Hall–Kier alpha value is -16.0. The Bertz CT molecular complexity index is 8050. The molecule has 0 N–H and O–H groups in total. The number of furan rings is 1. The SMILES string of the molecule is c1ccc(-c2cc(-c3ccccc3)nc(-c3ccc(-c4ccc(-c5nc6cc(-c7cccc8c7oc7ccccc78)ccc6c6c5sc5ccccc56)cc4)cc3)n2)cc1.c1ccc(-c2ccc(-c3cc(-c4ccc(-c5ccccc5)cc4)nc(-c4ccc(-c5cccc(-c6nc7cc(-c8ccccc8)ccc7c7c6sc6ccccc67)c5)cc4)n3)cc2)cc1. The van der Waals surface area contributed by atoms with Gasteiger partial charge < -0.3 is 4.42 Å². The monoisotopic (exact) mass is 1630 g/mol. The second-order valence-electron chi connectivity index (χ2n) is 31.5. The Morgan fingerprint density at radius 1 is 0.184 bits per heavy atom. The molecule has 17 aromatic carbocycles. The number of benzene rings is 17. The van der Waals surface area contributed by atoms with E-state index in [4.69, 9.17) is 34.3 Å². The first-order chi connectivity index (χ1) is 61.9. The van der Waals surface area contributed by atoms with Crippen molar-refractivity contribution in [3.05, 3.63) is 437 Å². The van der Waals surface area contributed by atoms with Crippen LogP contribution in [0.5, 0.6) is 0 Å². The lowest BCUT2D eigenvalue weighted by Crippen LogP contribution is -1.96. The molecule has 0 amide bonds. The van der Waals surface area contributed by atoms with Crippen molar-refractivity contribution in [3.8, 4) is 157 Å². The summed E-state index contributed by atoms with van der Waals surface area (Å²) >= 11 is 3.63. The molecule has 0 aliphatic heterocycles. The number of aromatic nitrogens is 6. The molecule has 0 bridgehead atoms. The molecule has 0 saturated heterocycles. The lowest BCUT2D eigenvalue weighted by Gasteiger charge is -2.12. The molecule has 0 aliphatic rings. The summed E-state index contributed by atoms with van der Waals surface area (Å²) < 4.78 is 11.4. The molecule has 584 valence electrons. The average molecular weight is 1630 g/mol. The molecule has 0 saturated carbocycles. The van der Waals surface area contributed by atoms with Gasteiger partial charge in [-0.15, -0.1) is 22.7 Å². The number of rotatable bonds is 14. The molecule has 0 radical (unpaired) electrons. The molecule has 24 aromatic rings. The Balaban J connectivity index is 0.000000144. The van der Waals surface area contributed by atoms with Crippen LogP contribution in [0, 0.1) is 0 Å². The molecule has 0 atom stereocenters. The Kier molecular flexibility index (Phi) is 18.9. The predicted octanol–water partition coefficient (Wildman–Crippen LogP) is 32.0. The van der Waals surface area contributed by atoms with Crippen molar-refractivity contribution < 1.29 is 4.42 Å². The molecule has 7 heterocycles. The standard InChI is InChI=1S/C61H39N3S.C55H33N3OS/c1-4-13-40(14-5-1)43-23-29-46(30-24-43)54-39-55(47-31-25-44(26-32-47)41-15-6-2-7-16-41)64-61(63-54)48-33-27-45(28-34-48)49-19-12-20-51(37-49)59-60-58(53-21-10-11-22-57(53)65-60)52-36-35-50(38-56(52)62-59)42-17-8-3-9-18-42;1-3-12-36(13-4-1)46-33-47(37-14-5-2-6-15-37)58-55(57-46)39-28-24-35(25-29-39)34-22-26-38(27-23-34)52-54-51(45-17-8-10-21-50(45)60-54)44-31-30-40(32-48(44)56-52)41-18-11-19-43-42-16-7-9-20-49(42)59-53(41)43/h1-39H;1-33H. The minimum absolute atomic E-state index is 0.680. The van der Waals surface area contributed by atoms with Crippen molar-refractivity contribution in [1.82, 2.24) is 29.9 Å². The maximum absolute atomic E-state index is 6.45. The highest BCUT2D eigenvalue weighted by Crippen LogP contribution is 2.48. The molecule has 0 fully saturated rings. The maximum atomic E-state index is 6.45. The number of pyridine rings is 2. The zero-order chi connectivity index (χ0) is 82.7. The van der Waals surface area contributed by atoms with Gasteiger partial charge in [-0.1, -0.05) is 388 Å². The number of thiophene rings is 2. The van der Waals surface area contributed by atoms with Crippen LogP contribution in [0.1, 0.15) is 0 Å². The summed E-state index contributed by atoms with van der Waals surface area (Å²) in [6.45, 7) is 0. The van der Waals surface area contributed by atoms with Gasteiger partial charge >= 0.3 is 0 Å². The van der Waals surface area contributed by atoms with Crippen molar-refractivity contribution in [2.75, 3.05) is 0 Å². The third-order valence-electron chi connectivity index (χ3n) is 23.9. The Morgan fingerprint density at radius 3 is 0.960 bits per heavy atom. The molecule has 7 nitrogen and oxygen atoms in total. The third-order valence-corrected chi connectivity index (χ3v) is 26.2. The van der Waals surface area contributed by atoms with E-state index < -0.39 is 0 Å². The van der Waals surface area contributed by atoms with E-state index in [2.05, 4.69) is 376 Å². The van der Waals surface area contributed by atoms with E-state index in [1.54, 1.807) is 0 Å². The van der Waals surface area contributed by atoms with Crippen molar-refractivity contribution in [1.29, 1.82) is 0 Å². The highest BCUT2D eigenvalue weighted by Gasteiger charge is 2.23. The highest BCUT2D eigenvalue weighted by molar-refractivity contribution is 7.27. The summed E-state index contributed by atoms with van der Waals surface area (Å²) in [5.41, 5.74) is 31.2. The number of hydrogen-bond acceptors (Lipinski definition) is 9. The largest absolute Gasteiger partial charge is 0.455 e. The van der Waals surface area contributed by atoms with E-state index in [-0.39, 0.29) is 0 Å². The molecule has 0 aliphatic carbocycles. The van der Waals surface area contributed by atoms with Crippen LogP contribution in [-0.4, -0.2) is 29.9 Å². The molecular formula is C116H72N6OS2. The summed E-state index contributed by atoms with van der Waals surface area (Å²) in [7, 11) is 0. The summed E-state index contributed by atoms with van der Waals surface area (Å²) in [6.07, 6.45) is 0. The third kappa shape index (κ3) is 14.1. The van der Waals surface area contributed by atoms with Gasteiger partial charge in [-0.2, -0.15) is 0 Å². The Labute approximate surface area is 729 Å². The molecule has 7 aromatic heterocycles. The smallest absolute Gasteiger partial charge is 0.160 e. The van der Waals surface area contributed by atoms with Crippen LogP contribution in [0.15, 0.2) is 441 Å². The first-order valence-electron chi connectivity index (χ1n) is 42.0. The van der Waals surface area contributed by atoms with Crippen molar-refractivity contribution in [2.24, 2.45) is 0 Å². The molecule has 0 spiro atoms. The second kappa shape index (κ2) is 31.8. The zero-order valence-corrected chi connectivity index (χ0v) is 69.1. The number of nitrogens with zero attached hydrogens (tertiary/aromatic N) is 6. The maximum Gasteiger partial charge on any atom is 0.160 e. The van der Waals surface area contributed by atoms with E-state index in [1.165, 1.54) is 73.5 Å². The van der Waals surface area contributed by atoms with Gasteiger partial charge in [-0.3, -0.25) is 0 Å². The normalized spacial score (nSPS) is 11.5. The lowest BCUT2D eigenvalue weighted by atomic mass is 9.97. The fourth-order valence-electron chi connectivity index (χ4n) is 17.5. The zero-order valence-electron chi connectivity index (χ0n) is 67.5. The lowest BCUT2D eigenvalue weighted by molar-refractivity contribution is 0.670. The van der Waals surface area contributed by atoms with Crippen molar-refractivity contribution >= 4 is 107 Å². The fraction of sp³-hybridized carbons (Fsp3) is 0. The number of para-hydroxylation sites is 2. The van der Waals surface area contributed by atoms with Gasteiger partial charge in [0.1, 0.15) is 11.2 Å². The van der Waals surface area contributed by atoms with Crippen LogP contribution < -0.4 is 0 Å². The molecule has 125 heavy (non-hydrogen) atoms. The molecule has 0 unspecified atom stereocenters. The van der Waals surface area contributed by atoms with Gasteiger partial charge in [0.25, 0.3) is 0 Å². The van der Waals surface area contributed by atoms with Gasteiger partial charge in [0, 0.05) is 103 Å². The Morgan fingerprint density at radius 2 is 0.488 bits per heavy atom. The van der Waals surface area contributed by atoms with E-state index in [9.17, 15) is 0 Å². The predicted molar refractivity (Wildman–Crippen MR) is 524 cm³/mol. The second-order valence-corrected chi connectivity index (χ2v) is 33.6. The van der Waals surface area contributed by atoms with Gasteiger partial charge in [0.15, 0.2) is 11.6 Å². The minimum Gasteiger partial charge on any atom is -0.455 e. The molecule has 9 heteroatoms. The van der Waals surface area contributed by atoms with E-state index in [0.29, 0.717) is 11.6 Å². The van der Waals surface area contributed by atoms with Crippen LogP contribution in [0.4, 0.5) is 0 Å². The van der Waals surface area contributed by atoms with Gasteiger partial charge in [-0.05, 0) is 110 Å². The first kappa shape index (κ1) is 74.0. The highest BCUT2D eigenvalue weighted by atomic mass is 32.1. The van der Waals surface area contributed by atoms with E-state index in [1.807, 2.05) is 83.3 Å². The van der Waals surface area contributed by atoms with Crippen LogP contribution in [0.2, 0.25) is 0 Å². The van der Waals surface area contributed by atoms with E-state index in [0.717, 1.165) is 156 Å². The minimum atomic E-state index is 0.680. The molecule has 24 rings (SSSR count). The van der Waals surface area contributed by atoms with Crippen molar-refractivity contribution in [2.45, 2.75) is 0 Å². The van der Waals surface area contributed by atoms with Crippen molar-refractivity contribution in [3.63, 3.8) is 0 Å². The fourth-order valence-corrected chi connectivity index (χ4v) is 20.0. The average Bonchev–Trinajstić information content (AvgIpc) is 1.60. The number of hydrogen-bond donors (Lipinski definition) is 0. The van der Waals surface area contributed by atoms with Crippen LogP contribution >= 0.6 is 22.7 Å². The van der Waals surface area contributed by atoms with Crippen LogP contribution in [0.25, 0.3) is 241 Å². The quantitative estimate of drug-likeness (QED) is 0.107. The first-order valence-corrected chi connectivity index (χ1v) is 43.6. The summed E-state index contributed by atoms with van der Waals surface area (Å²) in [5.74, 6) is 1.38. The molecular weight excluding hydrogens is 1560 g/mol. The van der Waals surface area contributed by atoms with Gasteiger partial charge in [0.2, 0.25) is 0 Å². The van der Waals surface area contributed by atoms with Gasteiger partial charge in [-0.25, -0.2) is 29.9 Å². The number of fused-ring (bicyclic) bond motifs is 13. The summed E-state index contributed by atoms with van der Waals surface area (Å²) in [5, 5.41) is 9.61. The van der Waals surface area contributed by atoms with Crippen LogP contribution in [0.3, 0.4) is 0 Å². The van der Waals surface area contributed by atoms with Gasteiger partial charge in [0.05, 0.1) is 54.6 Å². The summed E-state index contributed by atoms with van der Waals surface area (Å²) in [6, 6.07) is 154. The summed E-state index contributed by atoms with van der Waals surface area (Å²) in [4.78, 5) is 31.4. The topological polar surface area (TPSA) is 90.5 Å².